The van der Waals surface area contributed by atoms with Crippen LogP contribution in [0.2, 0.25) is 0 Å². The first-order chi connectivity index (χ1) is 22.7. The van der Waals surface area contributed by atoms with Crippen molar-refractivity contribution in [3.8, 4) is 34.1 Å². The Bertz CT molecular complexity index is 2290. The van der Waals surface area contributed by atoms with Crippen molar-refractivity contribution in [3.63, 3.8) is 0 Å². The van der Waals surface area contributed by atoms with Crippen molar-refractivity contribution >= 4 is 22.3 Å². The van der Waals surface area contributed by atoms with E-state index in [1.165, 1.54) is 0 Å². The van der Waals surface area contributed by atoms with Crippen LogP contribution in [-0.4, -0.2) is 45.9 Å². The predicted octanol–water partition coefficient (Wildman–Crippen LogP) is 6.69. The van der Waals surface area contributed by atoms with Crippen LogP contribution < -0.4 is 15.3 Å². The van der Waals surface area contributed by atoms with E-state index < -0.39 is 11.5 Å². The molecule has 0 N–H and O–H groups in total. The highest BCUT2D eigenvalue weighted by atomic mass is 16.5. The maximum atomic E-state index is 13.8. The number of hydrogen-bond donors (Lipinski definition) is 0. The van der Waals surface area contributed by atoms with E-state index in [-0.39, 0.29) is 0 Å². The maximum Gasteiger partial charge on any atom is 0.344 e. The van der Waals surface area contributed by atoms with Gasteiger partial charge in [0.15, 0.2) is 17.2 Å². The zero-order chi connectivity index (χ0) is 30.6. The Morgan fingerprint density at radius 3 is 2.26 bits per heavy atom. The summed E-state index contributed by atoms with van der Waals surface area (Å²) < 4.78 is 19.5. The molecular formula is C37H27N5O4. The van der Waals surface area contributed by atoms with Crippen molar-refractivity contribution < 1.29 is 13.9 Å². The van der Waals surface area contributed by atoms with E-state index in [0.29, 0.717) is 58.4 Å². The number of para-hydroxylation sites is 1. The Hall–Kier alpha value is -5.80. The molecule has 5 heterocycles. The van der Waals surface area contributed by atoms with Crippen molar-refractivity contribution in [1.29, 1.82) is 0 Å². The van der Waals surface area contributed by atoms with E-state index in [0.717, 1.165) is 41.0 Å². The van der Waals surface area contributed by atoms with Gasteiger partial charge in [0.25, 0.3) is 0 Å². The Morgan fingerprint density at radius 2 is 1.46 bits per heavy atom. The zero-order valence-corrected chi connectivity index (χ0v) is 24.7. The first-order valence-electron chi connectivity index (χ1n) is 15.3. The summed E-state index contributed by atoms with van der Waals surface area (Å²) in [4.78, 5) is 25.8. The molecule has 1 atom stereocenters. The molecule has 2 aliphatic rings. The molecule has 0 amide bonds. The predicted molar refractivity (Wildman–Crippen MR) is 175 cm³/mol. The average molecular weight is 606 g/mol. The second-order valence-electron chi connectivity index (χ2n) is 11.5. The summed E-state index contributed by atoms with van der Waals surface area (Å²) in [6.07, 6.45) is 1.61. The average Bonchev–Trinajstić information content (AvgIpc) is 3.57. The van der Waals surface area contributed by atoms with E-state index in [2.05, 4.69) is 53.4 Å². The van der Waals surface area contributed by atoms with E-state index >= 15 is 0 Å². The number of rotatable bonds is 4. The molecule has 0 bridgehead atoms. The molecule has 46 heavy (non-hydrogen) atoms. The van der Waals surface area contributed by atoms with Gasteiger partial charge < -0.3 is 18.8 Å². The molecule has 0 aliphatic carbocycles. The molecule has 0 spiro atoms. The third-order valence-corrected chi connectivity index (χ3v) is 8.81. The summed E-state index contributed by atoms with van der Waals surface area (Å²) in [5.41, 5.74) is 6.76. The van der Waals surface area contributed by atoms with Gasteiger partial charge in [-0.05, 0) is 41.0 Å². The lowest BCUT2D eigenvalue weighted by molar-refractivity contribution is 0.122. The van der Waals surface area contributed by atoms with E-state index in [1.54, 1.807) is 16.9 Å². The fraction of sp³-hybridized carbons (Fsp3) is 0.135. The minimum Gasteiger partial charge on any atom is -0.437 e. The number of anilines is 1. The van der Waals surface area contributed by atoms with Crippen LogP contribution in [0.4, 0.5) is 5.69 Å². The van der Waals surface area contributed by atoms with Crippen molar-refractivity contribution in [1.82, 2.24) is 19.6 Å². The minimum atomic E-state index is -0.549. The fourth-order valence-electron chi connectivity index (χ4n) is 6.53. The van der Waals surface area contributed by atoms with Gasteiger partial charge in [0.05, 0.1) is 35.6 Å². The Morgan fingerprint density at radius 1 is 0.739 bits per heavy atom. The topological polar surface area (TPSA) is 95.0 Å². The van der Waals surface area contributed by atoms with Crippen molar-refractivity contribution in [2.75, 3.05) is 31.2 Å². The maximum absolute atomic E-state index is 13.8. The second-order valence-corrected chi connectivity index (χ2v) is 11.5. The quantitative estimate of drug-likeness (QED) is 0.205. The lowest BCUT2D eigenvalue weighted by Crippen LogP contribution is -2.36. The molecule has 224 valence electrons. The molecule has 1 saturated heterocycles. The van der Waals surface area contributed by atoms with Gasteiger partial charge in [0.1, 0.15) is 11.9 Å². The van der Waals surface area contributed by atoms with Crippen LogP contribution in [0.1, 0.15) is 22.6 Å². The smallest absolute Gasteiger partial charge is 0.344 e. The molecule has 9 heteroatoms. The lowest BCUT2D eigenvalue weighted by atomic mass is 9.84. The van der Waals surface area contributed by atoms with Crippen LogP contribution in [0.25, 0.3) is 39.1 Å². The van der Waals surface area contributed by atoms with Crippen molar-refractivity contribution in [3.05, 3.63) is 137 Å². The molecule has 4 aromatic carbocycles. The van der Waals surface area contributed by atoms with Gasteiger partial charge in [0, 0.05) is 24.3 Å². The number of benzene rings is 4. The van der Waals surface area contributed by atoms with Gasteiger partial charge in [-0.25, -0.2) is 19.3 Å². The summed E-state index contributed by atoms with van der Waals surface area (Å²) in [6, 6.07) is 34.1. The number of aromatic nitrogens is 4. The minimum absolute atomic E-state index is 0.386. The molecule has 7 aromatic rings. The number of fused-ring (bicyclic) bond motifs is 6. The summed E-state index contributed by atoms with van der Waals surface area (Å²) in [6.45, 7) is 3.06. The van der Waals surface area contributed by atoms with E-state index in [9.17, 15) is 4.79 Å². The van der Waals surface area contributed by atoms with Gasteiger partial charge in [-0.2, -0.15) is 0 Å². The standard InChI is InChI=1S/C37H27N5O4/c43-37-31-30(25-14-16-27(17-15-25)41-18-20-44-21-19-41)32-35-39-34(26-12-10-24(11-13-26)23-6-2-1-3-7-23)40-42(35)22-38-36(32)46-33(31)28-8-4-5-9-29(28)45-37/h1-17,22,30H,18-21H2. The molecule has 3 aromatic heterocycles. The number of ether oxygens (including phenoxy) is 2. The fourth-order valence-corrected chi connectivity index (χ4v) is 6.53. The second kappa shape index (κ2) is 10.7. The highest BCUT2D eigenvalue weighted by molar-refractivity contribution is 5.87. The van der Waals surface area contributed by atoms with E-state index in [1.807, 2.05) is 48.5 Å². The van der Waals surface area contributed by atoms with E-state index in [4.69, 9.17) is 29.0 Å². The Kier molecular flexibility index (Phi) is 6.17. The lowest BCUT2D eigenvalue weighted by Gasteiger charge is -2.30. The van der Waals surface area contributed by atoms with Crippen LogP contribution in [0.5, 0.6) is 11.6 Å². The zero-order valence-electron chi connectivity index (χ0n) is 24.7. The largest absolute Gasteiger partial charge is 0.437 e. The molecule has 9 rings (SSSR count). The SMILES string of the molecule is O=c1oc2ccccc2c2c1C(c1ccc(N3CCOCC3)cc1)c1c(ncn3nc(-c4ccc(-c5ccccc5)cc4)nc13)O2. The third-order valence-electron chi connectivity index (χ3n) is 8.81. The van der Waals surface area contributed by atoms with Gasteiger partial charge in [0.2, 0.25) is 5.88 Å². The summed E-state index contributed by atoms with van der Waals surface area (Å²) >= 11 is 0. The van der Waals surface area contributed by atoms with Crippen molar-refractivity contribution in [2.24, 2.45) is 0 Å². The van der Waals surface area contributed by atoms with Gasteiger partial charge in [-0.15, -0.1) is 5.10 Å². The Labute approximate surface area is 263 Å². The normalized spacial score (nSPS) is 15.8. The molecular weight excluding hydrogens is 578 g/mol. The van der Waals surface area contributed by atoms with Crippen LogP contribution in [0.3, 0.4) is 0 Å². The van der Waals surface area contributed by atoms with Gasteiger partial charge >= 0.3 is 5.63 Å². The van der Waals surface area contributed by atoms with Crippen LogP contribution in [0, 0.1) is 0 Å². The van der Waals surface area contributed by atoms with Gasteiger partial charge in [-0.1, -0.05) is 78.9 Å². The molecule has 1 fully saturated rings. The molecule has 1 unspecified atom stereocenters. The number of morpholine rings is 1. The molecule has 2 aliphatic heterocycles. The summed E-state index contributed by atoms with van der Waals surface area (Å²) in [5.74, 6) is 0.839. The summed E-state index contributed by atoms with van der Waals surface area (Å²) in [7, 11) is 0. The summed E-state index contributed by atoms with van der Waals surface area (Å²) in [5, 5.41) is 5.50. The number of nitrogens with zero attached hydrogens (tertiary/aromatic N) is 5. The molecule has 0 radical (unpaired) electrons. The van der Waals surface area contributed by atoms with Crippen LogP contribution in [-0.2, 0) is 4.74 Å². The number of hydrogen-bond acceptors (Lipinski definition) is 8. The molecule has 0 saturated carbocycles. The first-order valence-corrected chi connectivity index (χ1v) is 15.3. The van der Waals surface area contributed by atoms with Crippen LogP contribution >= 0.6 is 0 Å². The van der Waals surface area contributed by atoms with Gasteiger partial charge in [-0.3, -0.25) is 0 Å². The third kappa shape index (κ3) is 4.35. The van der Waals surface area contributed by atoms with Crippen LogP contribution in [0.15, 0.2) is 119 Å². The Balaban J connectivity index is 1.20. The van der Waals surface area contributed by atoms with Crippen molar-refractivity contribution in [2.45, 2.75) is 5.92 Å². The first kappa shape index (κ1) is 26.6. The monoisotopic (exact) mass is 605 g/mol. The highest BCUT2D eigenvalue weighted by Gasteiger charge is 2.37. The highest BCUT2D eigenvalue weighted by Crippen LogP contribution is 2.49. The molecule has 9 nitrogen and oxygen atoms in total.